The molecular formula is C24H27NO7S. The van der Waals surface area contributed by atoms with Crippen molar-refractivity contribution in [2.75, 3.05) is 27.3 Å². The molecule has 0 unspecified atom stereocenters. The second-order valence-electron chi connectivity index (χ2n) is 7.68. The number of aryl methyl sites for hydroxylation is 1. The van der Waals surface area contributed by atoms with E-state index in [0.717, 1.165) is 5.56 Å². The van der Waals surface area contributed by atoms with Crippen molar-refractivity contribution in [3.8, 4) is 11.5 Å². The summed E-state index contributed by atoms with van der Waals surface area (Å²) in [5.74, 6) is -0.737. The van der Waals surface area contributed by atoms with Gasteiger partial charge in [-0.2, -0.15) is 4.31 Å². The Hall–Kier alpha value is -3.17. The lowest BCUT2D eigenvalue weighted by Gasteiger charge is -2.30. The molecule has 8 nitrogen and oxygen atoms in total. The molecular weight excluding hydrogens is 446 g/mol. The number of methoxy groups -OCH3 is 2. The fourth-order valence-corrected chi connectivity index (χ4v) is 4.96. The Morgan fingerprint density at radius 2 is 1.67 bits per heavy atom. The van der Waals surface area contributed by atoms with Crippen molar-refractivity contribution in [1.82, 2.24) is 4.31 Å². The van der Waals surface area contributed by atoms with E-state index in [1.807, 2.05) is 6.92 Å². The van der Waals surface area contributed by atoms with E-state index in [4.69, 9.17) is 9.47 Å². The van der Waals surface area contributed by atoms with Crippen LogP contribution < -0.4 is 9.47 Å². The summed E-state index contributed by atoms with van der Waals surface area (Å²) < 4.78 is 42.5. The minimum atomic E-state index is -3.59. The van der Waals surface area contributed by atoms with Gasteiger partial charge in [-0.05, 0) is 55.7 Å². The Balaban J connectivity index is 1.62. The molecule has 0 saturated carbocycles. The van der Waals surface area contributed by atoms with Crippen LogP contribution in [-0.4, -0.2) is 52.0 Å². The van der Waals surface area contributed by atoms with Crippen molar-refractivity contribution in [3.63, 3.8) is 0 Å². The van der Waals surface area contributed by atoms with Gasteiger partial charge in [-0.25, -0.2) is 13.2 Å². The number of hydrogen-bond donors (Lipinski definition) is 0. The quantitative estimate of drug-likeness (QED) is 0.346. The van der Waals surface area contributed by atoms with Gasteiger partial charge in [0.25, 0.3) is 0 Å². The third kappa shape index (κ3) is 6.00. The smallest absolute Gasteiger partial charge is 0.330 e. The third-order valence-corrected chi connectivity index (χ3v) is 7.37. The van der Waals surface area contributed by atoms with Gasteiger partial charge in [0.15, 0.2) is 11.5 Å². The Morgan fingerprint density at radius 1 is 1.00 bits per heavy atom. The number of carbonyl (C=O) groups is 2. The van der Waals surface area contributed by atoms with Gasteiger partial charge in [-0.15, -0.1) is 0 Å². The molecule has 1 fully saturated rings. The minimum absolute atomic E-state index is 0.240. The molecule has 0 radical (unpaired) electrons. The largest absolute Gasteiger partial charge is 0.493 e. The van der Waals surface area contributed by atoms with Crippen LogP contribution in [0.4, 0.5) is 0 Å². The number of esters is 2. The summed E-state index contributed by atoms with van der Waals surface area (Å²) in [7, 11) is -0.851. The molecule has 0 atom stereocenters. The Kier molecular flexibility index (Phi) is 7.88. The van der Waals surface area contributed by atoms with E-state index in [1.54, 1.807) is 48.5 Å². The maximum absolute atomic E-state index is 12.9. The molecule has 1 aliphatic rings. The number of hydrogen-bond acceptors (Lipinski definition) is 7. The van der Waals surface area contributed by atoms with Gasteiger partial charge >= 0.3 is 11.9 Å². The second-order valence-corrected chi connectivity index (χ2v) is 9.62. The van der Waals surface area contributed by atoms with Crippen LogP contribution in [0.2, 0.25) is 0 Å². The Morgan fingerprint density at radius 3 is 2.27 bits per heavy atom. The third-order valence-electron chi connectivity index (χ3n) is 5.46. The summed E-state index contributed by atoms with van der Waals surface area (Å²) in [4.78, 5) is 24.2. The first-order chi connectivity index (χ1) is 15.7. The van der Waals surface area contributed by atoms with Crippen molar-refractivity contribution in [1.29, 1.82) is 0 Å². The topological polar surface area (TPSA) is 99.2 Å². The zero-order chi connectivity index (χ0) is 24.0. The Labute approximate surface area is 193 Å². The van der Waals surface area contributed by atoms with Crippen LogP contribution in [0.5, 0.6) is 11.5 Å². The average Bonchev–Trinajstić information content (AvgIpc) is 2.83. The zero-order valence-corrected chi connectivity index (χ0v) is 19.6. The summed E-state index contributed by atoms with van der Waals surface area (Å²) in [5.41, 5.74) is 1.66. The molecule has 0 bridgehead atoms. The van der Waals surface area contributed by atoms with Gasteiger partial charge < -0.3 is 14.2 Å². The predicted molar refractivity (Wildman–Crippen MR) is 122 cm³/mol. The fraction of sp³-hybridized carbons (Fsp3) is 0.333. The van der Waals surface area contributed by atoms with Crippen LogP contribution in [0.25, 0.3) is 6.08 Å². The Bertz CT molecular complexity index is 1130. The van der Waals surface area contributed by atoms with Gasteiger partial charge in [0.1, 0.15) is 0 Å². The van der Waals surface area contributed by atoms with Crippen molar-refractivity contribution < 1.29 is 32.2 Å². The fourth-order valence-electron chi connectivity index (χ4n) is 3.49. The van der Waals surface area contributed by atoms with Gasteiger partial charge in [-0.1, -0.05) is 23.8 Å². The van der Waals surface area contributed by atoms with Crippen molar-refractivity contribution >= 4 is 28.0 Å². The van der Waals surface area contributed by atoms with Crippen molar-refractivity contribution in [2.45, 2.75) is 24.7 Å². The van der Waals surface area contributed by atoms with Crippen LogP contribution in [0, 0.1) is 12.8 Å². The summed E-state index contributed by atoms with van der Waals surface area (Å²) in [6, 6.07) is 11.6. The van der Waals surface area contributed by atoms with Gasteiger partial charge in [-0.3, -0.25) is 4.79 Å². The highest BCUT2D eigenvalue weighted by molar-refractivity contribution is 7.89. The molecule has 0 spiro atoms. The predicted octanol–water partition coefficient (Wildman–Crippen LogP) is 3.20. The van der Waals surface area contributed by atoms with E-state index in [9.17, 15) is 18.0 Å². The summed E-state index contributed by atoms with van der Waals surface area (Å²) in [6.07, 6.45) is 3.57. The zero-order valence-electron chi connectivity index (χ0n) is 18.8. The molecule has 0 amide bonds. The molecule has 0 N–H and O–H groups in total. The number of piperidine rings is 1. The SMILES string of the molecule is COC(=O)/C=C/c1ccc(OC(=O)C2CCN(S(=O)(=O)c3ccc(C)cc3)CC2)c(OC)c1. The number of nitrogens with zero attached hydrogens (tertiary/aromatic N) is 1. The van der Waals surface area contributed by atoms with Crippen LogP contribution in [0.15, 0.2) is 53.4 Å². The highest BCUT2D eigenvalue weighted by atomic mass is 32.2. The highest BCUT2D eigenvalue weighted by Crippen LogP contribution is 2.31. The van der Waals surface area contributed by atoms with Crippen molar-refractivity contribution in [2.24, 2.45) is 5.92 Å². The lowest BCUT2D eigenvalue weighted by molar-refractivity contribution is -0.140. The van der Waals surface area contributed by atoms with Crippen LogP contribution in [0.1, 0.15) is 24.0 Å². The van der Waals surface area contributed by atoms with Crippen LogP contribution >= 0.6 is 0 Å². The summed E-state index contributed by atoms with van der Waals surface area (Å²) in [5, 5.41) is 0. The second kappa shape index (κ2) is 10.6. The average molecular weight is 474 g/mol. The molecule has 2 aromatic rings. The molecule has 176 valence electrons. The molecule has 3 rings (SSSR count). The standard InChI is InChI=1S/C24H27NO7S/c1-17-4-8-20(9-5-17)33(28,29)25-14-12-19(13-15-25)24(27)32-21-10-6-18(16-22(21)30-2)7-11-23(26)31-3/h4-11,16,19H,12-15H2,1-3H3/b11-7+. The lowest BCUT2D eigenvalue weighted by atomic mass is 9.98. The first-order valence-electron chi connectivity index (χ1n) is 10.5. The van der Waals surface area contributed by atoms with E-state index in [-0.39, 0.29) is 23.7 Å². The number of carbonyl (C=O) groups excluding carboxylic acids is 2. The molecule has 9 heteroatoms. The molecule has 1 heterocycles. The molecule has 1 aliphatic heterocycles. The number of ether oxygens (including phenoxy) is 3. The minimum Gasteiger partial charge on any atom is -0.493 e. The van der Waals surface area contributed by atoms with E-state index in [1.165, 1.54) is 24.6 Å². The first kappa shape index (κ1) is 24.5. The van der Waals surface area contributed by atoms with Gasteiger partial charge in [0.05, 0.1) is 25.0 Å². The number of rotatable bonds is 7. The van der Waals surface area contributed by atoms with Crippen molar-refractivity contribution in [3.05, 3.63) is 59.7 Å². The lowest BCUT2D eigenvalue weighted by Crippen LogP contribution is -2.41. The molecule has 1 saturated heterocycles. The molecule has 33 heavy (non-hydrogen) atoms. The van der Waals surface area contributed by atoms with Gasteiger partial charge in [0, 0.05) is 19.2 Å². The van der Waals surface area contributed by atoms with E-state index < -0.39 is 27.9 Å². The maximum atomic E-state index is 12.9. The molecule has 0 aromatic heterocycles. The first-order valence-corrected chi connectivity index (χ1v) is 11.9. The highest BCUT2D eigenvalue weighted by Gasteiger charge is 2.33. The summed E-state index contributed by atoms with van der Waals surface area (Å²) in [6.45, 7) is 2.38. The number of benzene rings is 2. The molecule has 2 aromatic carbocycles. The normalized spacial score (nSPS) is 15.4. The molecule has 0 aliphatic carbocycles. The van der Waals surface area contributed by atoms with E-state index >= 15 is 0 Å². The monoisotopic (exact) mass is 473 g/mol. The number of sulfonamides is 1. The van der Waals surface area contributed by atoms with Gasteiger partial charge in [0.2, 0.25) is 10.0 Å². The van der Waals surface area contributed by atoms with Crippen LogP contribution in [-0.2, 0) is 24.3 Å². The van der Waals surface area contributed by atoms with E-state index in [2.05, 4.69) is 4.74 Å². The van der Waals surface area contributed by atoms with Crippen LogP contribution in [0.3, 0.4) is 0 Å². The van der Waals surface area contributed by atoms with E-state index in [0.29, 0.717) is 24.2 Å². The maximum Gasteiger partial charge on any atom is 0.330 e. The summed E-state index contributed by atoms with van der Waals surface area (Å²) >= 11 is 0.